The second-order valence-corrected chi connectivity index (χ2v) is 5.03. The van der Waals surface area contributed by atoms with Crippen LogP contribution in [0.25, 0.3) is 5.57 Å². The molecule has 1 rings (SSSR count). The summed E-state index contributed by atoms with van der Waals surface area (Å²) in [6, 6.07) is 10.4. The smallest absolute Gasteiger partial charge is 0.0230 e. The number of allylic oxidation sites excluding steroid dienone is 1. The first-order chi connectivity index (χ1) is 6.49. The molecule has 0 nitrogen and oxygen atoms in total. The summed E-state index contributed by atoms with van der Waals surface area (Å²) in [4.78, 5) is 0. The molecule has 0 N–H and O–H groups in total. The molecule has 0 fully saturated rings. The molecule has 0 bridgehead atoms. The van der Waals surface area contributed by atoms with Gasteiger partial charge in [0.2, 0.25) is 0 Å². The molecule has 0 saturated carbocycles. The van der Waals surface area contributed by atoms with Crippen LogP contribution in [0.1, 0.15) is 39.2 Å². The van der Waals surface area contributed by atoms with Gasteiger partial charge in [-0.25, -0.2) is 0 Å². The molecular formula is C14H20. The van der Waals surface area contributed by atoms with E-state index in [0.29, 0.717) is 5.41 Å². The van der Waals surface area contributed by atoms with Crippen LogP contribution < -0.4 is 0 Å². The van der Waals surface area contributed by atoms with Gasteiger partial charge in [0.05, 0.1) is 0 Å². The zero-order valence-corrected chi connectivity index (χ0v) is 9.51. The lowest BCUT2D eigenvalue weighted by Gasteiger charge is -2.18. The Labute approximate surface area is 87.7 Å². The van der Waals surface area contributed by atoms with Gasteiger partial charge < -0.3 is 0 Å². The molecule has 0 heterocycles. The highest BCUT2D eigenvalue weighted by atomic mass is 14.2. The maximum atomic E-state index is 4.13. The quantitative estimate of drug-likeness (QED) is 0.654. The maximum absolute atomic E-state index is 4.13. The second-order valence-electron chi connectivity index (χ2n) is 5.03. The first-order valence-electron chi connectivity index (χ1n) is 5.22. The molecule has 76 valence electrons. The molecule has 1 aromatic carbocycles. The maximum Gasteiger partial charge on any atom is -0.0230 e. The average Bonchev–Trinajstić information content (AvgIpc) is 2.14. The molecule has 0 saturated heterocycles. The zero-order valence-electron chi connectivity index (χ0n) is 9.51. The van der Waals surface area contributed by atoms with Gasteiger partial charge in [0.25, 0.3) is 0 Å². The van der Waals surface area contributed by atoms with E-state index in [2.05, 4.69) is 51.6 Å². The summed E-state index contributed by atoms with van der Waals surface area (Å²) < 4.78 is 0. The summed E-state index contributed by atoms with van der Waals surface area (Å²) in [5.41, 5.74) is 2.93. The number of rotatable bonds is 3. The van der Waals surface area contributed by atoms with Crippen molar-refractivity contribution in [2.24, 2.45) is 5.41 Å². The zero-order chi connectivity index (χ0) is 10.6. The molecule has 0 aliphatic carbocycles. The van der Waals surface area contributed by atoms with E-state index in [4.69, 9.17) is 0 Å². The molecule has 0 atom stereocenters. The van der Waals surface area contributed by atoms with Crippen LogP contribution in [0.3, 0.4) is 0 Å². The van der Waals surface area contributed by atoms with Crippen molar-refractivity contribution in [2.75, 3.05) is 0 Å². The van der Waals surface area contributed by atoms with Crippen LogP contribution in [0.15, 0.2) is 36.9 Å². The van der Waals surface area contributed by atoms with Crippen LogP contribution in [0.2, 0.25) is 0 Å². The summed E-state index contributed by atoms with van der Waals surface area (Å²) in [6.07, 6.45) is 2.29. The van der Waals surface area contributed by atoms with Gasteiger partial charge in [-0.15, -0.1) is 0 Å². The lowest BCUT2D eigenvalue weighted by atomic mass is 9.87. The van der Waals surface area contributed by atoms with Crippen molar-refractivity contribution in [3.8, 4) is 0 Å². The predicted molar refractivity (Wildman–Crippen MR) is 64.2 cm³/mol. The highest BCUT2D eigenvalue weighted by Gasteiger charge is 2.10. The molecule has 0 aliphatic heterocycles. The fourth-order valence-electron chi connectivity index (χ4n) is 1.34. The van der Waals surface area contributed by atoms with Crippen LogP contribution in [0.5, 0.6) is 0 Å². The molecule has 0 radical (unpaired) electrons. The van der Waals surface area contributed by atoms with Gasteiger partial charge in [-0.05, 0) is 29.4 Å². The molecule has 0 amide bonds. The average molecular weight is 188 g/mol. The van der Waals surface area contributed by atoms with Crippen molar-refractivity contribution in [2.45, 2.75) is 33.6 Å². The third-order valence-electron chi connectivity index (χ3n) is 2.36. The first kappa shape index (κ1) is 11.0. The summed E-state index contributed by atoms with van der Waals surface area (Å²) >= 11 is 0. The van der Waals surface area contributed by atoms with Gasteiger partial charge in [-0.2, -0.15) is 0 Å². The minimum atomic E-state index is 0.401. The third-order valence-corrected chi connectivity index (χ3v) is 2.36. The van der Waals surface area contributed by atoms with Crippen molar-refractivity contribution < 1.29 is 0 Å². The van der Waals surface area contributed by atoms with E-state index >= 15 is 0 Å². The van der Waals surface area contributed by atoms with Crippen LogP contribution in [0.4, 0.5) is 0 Å². The van der Waals surface area contributed by atoms with Gasteiger partial charge in [0.1, 0.15) is 0 Å². The predicted octanol–water partition coefficient (Wildman–Crippen LogP) is 4.53. The lowest BCUT2D eigenvalue weighted by Crippen LogP contribution is -2.04. The van der Waals surface area contributed by atoms with E-state index in [9.17, 15) is 0 Å². The molecule has 1 aromatic rings. The van der Waals surface area contributed by atoms with E-state index in [1.165, 1.54) is 17.6 Å². The third kappa shape index (κ3) is 3.78. The SMILES string of the molecule is C=C(CCC(C)(C)C)c1ccccc1. The Morgan fingerprint density at radius 1 is 1.14 bits per heavy atom. The Kier molecular flexibility index (Phi) is 3.51. The molecule has 0 unspecified atom stereocenters. The number of hydrogen-bond donors (Lipinski definition) is 0. The van der Waals surface area contributed by atoms with E-state index in [1.54, 1.807) is 0 Å². The van der Waals surface area contributed by atoms with Crippen LogP contribution in [0, 0.1) is 5.41 Å². The largest absolute Gasteiger partial charge is 0.0952 e. The second kappa shape index (κ2) is 4.45. The highest BCUT2D eigenvalue weighted by Crippen LogP contribution is 2.26. The molecule has 0 spiro atoms. The Morgan fingerprint density at radius 2 is 1.71 bits per heavy atom. The summed E-state index contributed by atoms with van der Waals surface area (Å²) in [7, 11) is 0. The monoisotopic (exact) mass is 188 g/mol. The summed E-state index contributed by atoms with van der Waals surface area (Å²) in [5.74, 6) is 0. The molecule has 0 heteroatoms. The number of benzene rings is 1. The number of hydrogen-bond acceptors (Lipinski definition) is 0. The van der Waals surface area contributed by atoms with E-state index < -0.39 is 0 Å². The fourth-order valence-corrected chi connectivity index (χ4v) is 1.34. The standard InChI is InChI=1S/C14H20/c1-12(10-11-14(2,3)4)13-8-6-5-7-9-13/h5-9H,1,10-11H2,2-4H3. The summed E-state index contributed by atoms with van der Waals surface area (Å²) in [6.45, 7) is 10.9. The highest BCUT2D eigenvalue weighted by molar-refractivity contribution is 5.62. The van der Waals surface area contributed by atoms with Crippen LogP contribution >= 0.6 is 0 Å². The van der Waals surface area contributed by atoms with Crippen molar-refractivity contribution in [3.63, 3.8) is 0 Å². The minimum absolute atomic E-state index is 0.401. The van der Waals surface area contributed by atoms with Crippen molar-refractivity contribution in [3.05, 3.63) is 42.5 Å². The fraction of sp³-hybridized carbons (Fsp3) is 0.429. The Bertz CT molecular complexity index is 288. The minimum Gasteiger partial charge on any atom is -0.0952 e. The van der Waals surface area contributed by atoms with Crippen molar-refractivity contribution >= 4 is 5.57 Å². The van der Waals surface area contributed by atoms with E-state index in [1.807, 2.05) is 6.07 Å². The van der Waals surface area contributed by atoms with Crippen molar-refractivity contribution in [1.29, 1.82) is 0 Å². The molecular weight excluding hydrogens is 168 g/mol. The van der Waals surface area contributed by atoms with Crippen LogP contribution in [-0.4, -0.2) is 0 Å². The normalized spacial score (nSPS) is 11.4. The van der Waals surface area contributed by atoms with Gasteiger partial charge in [-0.1, -0.05) is 57.7 Å². The van der Waals surface area contributed by atoms with Gasteiger partial charge in [0, 0.05) is 0 Å². The Morgan fingerprint density at radius 3 is 2.21 bits per heavy atom. The van der Waals surface area contributed by atoms with E-state index in [-0.39, 0.29) is 0 Å². The Hall–Kier alpha value is -1.04. The summed E-state index contributed by atoms with van der Waals surface area (Å²) in [5, 5.41) is 0. The van der Waals surface area contributed by atoms with Gasteiger partial charge in [0.15, 0.2) is 0 Å². The Balaban J connectivity index is 2.52. The van der Waals surface area contributed by atoms with E-state index in [0.717, 1.165) is 6.42 Å². The van der Waals surface area contributed by atoms with Gasteiger partial charge in [-0.3, -0.25) is 0 Å². The molecule has 0 aromatic heterocycles. The van der Waals surface area contributed by atoms with Gasteiger partial charge >= 0.3 is 0 Å². The first-order valence-corrected chi connectivity index (χ1v) is 5.22. The topological polar surface area (TPSA) is 0 Å². The molecule has 0 aliphatic rings. The van der Waals surface area contributed by atoms with Crippen LogP contribution in [-0.2, 0) is 0 Å². The molecule has 14 heavy (non-hydrogen) atoms. The lowest BCUT2D eigenvalue weighted by molar-refractivity contribution is 0.384. The van der Waals surface area contributed by atoms with Crippen molar-refractivity contribution in [1.82, 2.24) is 0 Å².